The summed E-state index contributed by atoms with van der Waals surface area (Å²) in [5.74, 6) is 3.45. The highest BCUT2D eigenvalue weighted by Crippen LogP contribution is 2.42. The summed E-state index contributed by atoms with van der Waals surface area (Å²) < 4.78 is 4.67. The van der Waals surface area contributed by atoms with Crippen LogP contribution in [-0.2, 0) is 0 Å². The molecule has 4 heterocycles. The Morgan fingerprint density at radius 2 is 0.855 bits per heavy atom. The highest BCUT2D eigenvalue weighted by Gasteiger charge is 2.20. The second kappa shape index (κ2) is 14.9. The fourth-order valence-corrected chi connectivity index (χ4v) is 9.66. The van der Waals surface area contributed by atoms with Crippen molar-refractivity contribution in [2.75, 3.05) is 0 Å². The standard InChI is InChI=1S/C55H34N6S/c1-5-16-35(17-6-1)45-34-50(57-52(56-45)36-18-7-2-8-19-36)61-46-26-14-13-24-41(46)43-32-39(28-30-47(43)61)40-29-31-48-44(33-40)51-42(25-15-27-49(51)62-48)55-59-53(37-20-9-3-10-21-37)58-54(60-55)38-22-11-4-12-23-38/h1-34H. The van der Waals surface area contributed by atoms with Crippen molar-refractivity contribution in [1.82, 2.24) is 29.5 Å². The molecule has 6 nitrogen and oxygen atoms in total. The first-order valence-corrected chi connectivity index (χ1v) is 21.4. The molecular formula is C55H34N6S. The molecule has 7 heteroatoms. The van der Waals surface area contributed by atoms with E-state index in [1.54, 1.807) is 11.3 Å². The van der Waals surface area contributed by atoms with Gasteiger partial charge in [0.2, 0.25) is 0 Å². The van der Waals surface area contributed by atoms with Crippen molar-refractivity contribution in [3.63, 3.8) is 0 Å². The largest absolute Gasteiger partial charge is 0.294 e. The molecule has 12 rings (SSSR count). The fraction of sp³-hybridized carbons (Fsp3) is 0. The Labute approximate surface area is 361 Å². The maximum Gasteiger partial charge on any atom is 0.164 e. The third-order valence-corrected chi connectivity index (χ3v) is 12.6. The first-order valence-electron chi connectivity index (χ1n) is 20.6. The van der Waals surface area contributed by atoms with Crippen LogP contribution in [0.4, 0.5) is 0 Å². The van der Waals surface area contributed by atoms with Crippen LogP contribution >= 0.6 is 11.3 Å². The Balaban J connectivity index is 1.02. The summed E-state index contributed by atoms with van der Waals surface area (Å²) in [5.41, 5.74) is 10.2. The first kappa shape index (κ1) is 35.8. The Kier molecular flexibility index (Phi) is 8.57. The molecule has 0 fully saturated rings. The molecule has 62 heavy (non-hydrogen) atoms. The predicted octanol–water partition coefficient (Wildman–Crippen LogP) is 14.1. The van der Waals surface area contributed by atoms with Gasteiger partial charge in [0.05, 0.1) is 16.7 Å². The molecule has 0 amide bonds. The van der Waals surface area contributed by atoms with Crippen LogP contribution in [0.1, 0.15) is 0 Å². The molecule has 0 atom stereocenters. The molecule has 0 bridgehead atoms. The first-order chi connectivity index (χ1) is 30.7. The van der Waals surface area contributed by atoms with Crippen molar-refractivity contribution in [3.05, 3.63) is 206 Å². The van der Waals surface area contributed by atoms with Gasteiger partial charge in [0.25, 0.3) is 0 Å². The van der Waals surface area contributed by atoms with Crippen molar-refractivity contribution in [1.29, 1.82) is 0 Å². The summed E-state index contributed by atoms with van der Waals surface area (Å²) in [6.45, 7) is 0. The third kappa shape index (κ3) is 6.22. The summed E-state index contributed by atoms with van der Waals surface area (Å²) in [7, 11) is 0. The van der Waals surface area contributed by atoms with Crippen molar-refractivity contribution in [2.45, 2.75) is 0 Å². The number of aromatic nitrogens is 6. The molecular weight excluding hydrogens is 777 g/mol. The number of nitrogens with zero attached hydrogens (tertiary/aromatic N) is 6. The lowest BCUT2D eigenvalue weighted by Gasteiger charge is -2.12. The highest BCUT2D eigenvalue weighted by molar-refractivity contribution is 7.26. The summed E-state index contributed by atoms with van der Waals surface area (Å²) in [6.07, 6.45) is 0. The molecule has 0 unspecified atom stereocenters. The minimum atomic E-state index is 0.647. The van der Waals surface area contributed by atoms with E-state index in [0.29, 0.717) is 23.3 Å². The van der Waals surface area contributed by atoms with Gasteiger partial charge >= 0.3 is 0 Å². The number of benzene rings is 8. The molecule has 0 spiro atoms. The van der Waals surface area contributed by atoms with E-state index in [1.807, 2.05) is 84.9 Å². The monoisotopic (exact) mass is 810 g/mol. The lowest BCUT2D eigenvalue weighted by atomic mass is 9.99. The van der Waals surface area contributed by atoms with E-state index < -0.39 is 0 Å². The van der Waals surface area contributed by atoms with E-state index in [2.05, 4.69) is 126 Å². The number of thiophene rings is 1. The molecule has 0 aliphatic rings. The van der Waals surface area contributed by atoms with Crippen LogP contribution in [0, 0.1) is 0 Å². The molecule has 0 aliphatic heterocycles. The van der Waals surface area contributed by atoms with Gasteiger partial charge in [0, 0.05) is 64.8 Å². The molecule has 290 valence electrons. The van der Waals surface area contributed by atoms with Gasteiger partial charge in [-0.2, -0.15) is 0 Å². The maximum absolute atomic E-state index is 5.23. The molecule has 0 radical (unpaired) electrons. The number of hydrogen-bond acceptors (Lipinski definition) is 6. The summed E-state index contributed by atoms with van der Waals surface area (Å²) >= 11 is 1.79. The third-order valence-electron chi connectivity index (χ3n) is 11.5. The van der Waals surface area contributed by atoms with Gasteiger partial charge in [-0.25, -0.2) is 24.9 Å². The number of para-hydroxylation sites is 1. The van der Waals surface area contributed by atoms with E-state index in [9.17, 15) is 0 Å². The molecule has 12 aromatic rings. The normalized spacial score (nSPS) is 11.5. The topological polar surface area (TPSA) is 69.4 Å². The van der Waals surface area contributed by atoms with E-state index in [4.69, 9.17) is 24.9 Å². The zero-order valence-corrected chi connectivity index (χ0v) is 34.0. The van der Waals surface area contributed by atoms with Crippen LogP contribution in [-0.4, -0.2) is 29.5 Å². The van der Waals surface area contributed by atoms with Crippen LogP contribution in [0.3, 0.4) is 0 Å². The average Bonchev–Trinajstić information content (AvgIpc) is 3.90. The summed E-state index contributed by atoms with van der Waals surface area (Å²) in [6, 6.07) is 71.6. The molecule has 0 saturated carbocycles. The van der Waals surface area contributed by atoms with Gasteiger partial charge in [-0.3, -0.25) is 4.57 Å². The second-order valence-corrected chi connectivity index (χ2v) is 16.4. The second-order valence-electron chi connectivity index (χ2n) is 15.3. The van der Waals surface area contributed by atoms with Crippen LogP contribution in [0.5, 0.6) is 0 Å². The van der Waals surface area contributed by atoms with Crippen molar-refractivity contribution >= 4 is 53.3 Å². The van der Waals surface area contributed by atoms with Crippen LogP contribution in [0.25, 0.3) is 116 Å². The maximum atomic E-state index is 5.23. The molecule has 0 N–H and O–H groups in total. The van der Waals surface area contributed by atoms with Crippen molar-refractivity contribution < 1.29 is 0 Å². The Morgan fingerprint density at radius 1 is 0.323 bits per heavy atom. The average molecular weight is 811 g/mol. The van der Waals surface area contributed by atoms with Crippen LogP contribution in [0.15, 0.2) is 206 Å². The highest BCUT2D eigenvalue weighted by atomic mass is 32.1. The van der Waals surface area contributed by atoms with Crippen molar-refractivity contribution in [3.8, 4) is 73.8 Å². The molecule has 0 aliphatic carbocycles. The van der Waals surface area contributed by atoms with Gasteiger partial charge < -0.3 is 0 Å². The summed E-state index contributed by atoms with van der Waals surface area (Å²) in [5, 5.41) is 4.63. The minimum Gasteiger partial charge on any atom is -0.294 e. The lowest BCUT2D eigenvalue weighted by molar-refractivity contribution is 1.05. The zero-order valence-electron chi connectivity index (χ0n) is 33.2. The quantitative estimate of drug-likeness (QED) is 0.160. The van der Waals surface area contributed by atoms with Gasteiger partial charge in [0.15, 0.2) is 23.3 Å². The van der Waals surface area contributed by atoms with Gasteiger partial charge in [-0.15, -0.1) is 11.3 Å². The number of fused-ring (bicyclic) bond motifs is 6. The Morgan fingerprint density at radius 3 is 1.52 bits per heavy atom. The lowest BCUT2D eigenvalue weighted by Crippen LogP contribution is -2.02. The van der Waals surface area contributed by atoms with E-state index in [1.165, 1.54) is 14.8 Å². The number of rotatable bonds is 7. The fourth-order valence-electron chi connectivity index (χ4n) is 8.54. The Hall–Kier alpha value is -8.13. The predicted molar refractivity (Wildman–Crippen MR) is 255 cm³/mol. The minimum absolute atomic E-state index is 0.647. The molecule has 0 saturated heterocycles. The Bertz CT molecular complexity index is 3500. The van der Waals surface area contributed by atoms with E-state index >= 15 is 0 Å². The smallest absolute Gasteiger partial charge is 0.164 e. The van der Waals surface area contributed by atoms with Gasteiger partial charge in [-0.1, -0.05) is 164 Å². The SMILES string of the molecule is c1ccc(-c2cc(-n3c4ccccc4c4cc(-c5ccc6sc7cccc(-c8nc(-c9ccccc9)nc(-c9ccccc9)n8)c7c6c5)ccc43)nc(-c3ccccc3)n2)cc1. The van der Waals surface area contributed by atoms with E-state index in [-0.39, 0.29) is 0 Å². The summed E-state index contributed by atoms with van der Waals surface area (Å²) in [4.78, 5) is 25.5. The van der Waals surface area contributed by atoms with Gasteiger partial charge in [-0.05, 0) is 47.5 Å². The van der Waals surface area contributed by atoms with Crippen LogP contribution < -0.4 is 0 Å². The zero-order chi connectivity index (χ0) is 41.0. The van der Waals surface area contributed by atoms with Crippen molar-refractivity contribution in [2.24, 2.45) is 0 Å². The van der Waals surface area contributed by atoms with Crippen LogP contribution in [0.2, 0.25) is 0 Å². The van der Waals surface area contributed by atoms with Gasteiger partial charge in [0.1, 0.15) is 5.82 Å². The van der Waals surface area contributed by atoms with E-state index in [0.717, 1.165) is 77.6 Å². The molecule has 8 aromatic carbocycles. The number of hydrogen-bond donors (Lipinski definition) is 0. The molecule has 4 aromatic heterocycles.